The predicted octanol–water partition coefficient (Wildman–Crippen LogP) is 3.77. The van der Waals surface area contributed by atoms with Crippen molar-refractivity contribution in [3.8, 4) is 17.2 Å². The third-order valence-electron chi connectivity index (χ3n) is 6.53. The molecule has 6 heteroatoms. The third kappa shape index (κ3) is 3.87. The van der Waals surface area contributed by atoms with E-state index in [1.165, 1.54) is 5.56 Å². The SMILES string of the molecule is COC1(c2ccc3c(c2)COCO3)CCC(NCC2COc3ccccc3O2)CC1. The van der Waals surface area contributed by atoms with Crippen molar-refractivity contribution in [1.29, 1.82) is 0 Å². The van der Waals surface area contributed by atoms with Gasteiger partial charge in [0.05, 0.1) is 12.2 Å². The third-order valence-corrected chi connectivity index (χ3v) is 6.53. The summed E-state index contributed by atoms with van der Waals surface area (Å²) in [5, 5.41) is 3.68. The number of rotatable bonds is 5. The van der Waals surface area contributed by atoms with Crippen molar-refractivity contribution in [3.63, 3.8) is 0 Å². The monoisotopic (exact) mass is 411 g/mol. The molecule has 0 spiro atoms. The van der Waals surface area contributed by atoms with Crippen LogP contribution in [-0.2, 0) is 21.7 Å². The summed E-state index contributed by atoms with van der Waals surface area (Å²) in [6.07, 6.45) is 4.11. The van der Waals surface area contributed by atoms with Crippen LogP contribution in [0.15, 0.2) is 42.5 Å². The van der Waals surface area contributed by atoms with Crippen LogP contribution in [0.3, 0.4) is 0 Å². The molecule has 1 fully saturated rings. The molecular formula is C24H29NO5. The molecule has 3 aliphatic rings. The lowest BCUT2D eigenvalue weighted by Crippen LogP contribution is -2.46. The van der Waals surface area contributed by atoms with E-state index in [4.69, 9.17) is 23.7 Å². The van der Waals surface area contributed by atoms with E-state index < -0.39 is 0 Å². The Bertz CT molecular complexity index is 878. The Labute approximate surface area is 177 Å². The van der Waals surface area contributed by atoms with Gasteiger partial charge in [-0.2, -0.15) is 0 Å². The highest BCUT2D eigenvalue weighted by atomic mass is 16.7. The molecule has 0 aromatic heterocycles. The molecule has 0 radical (unpaired) electrons. The first kappa shape index (κ1) is 19.7. The molecule has 160 valence electrons. The number of ether oxygens (including phenoxy) is 5. The van der Waals surface area contributed by atoms with Crippen LogP contribution in [-0.4, -0.2) is 39.2 Å². The molecule has 2 aliphatic heterocycles. The summed E-state index contributed by atoms with van der Waals surface area (Å²) in [4.78, 5) is 0. The average molecular weight is 411 g/mol. The first-order valence-corrected chi connectivity index (χ1v) is 10.8. The zero-order chi connectivity index (χ0) is 20.4. The molecule has 1 aliphatic carbocycles. The molecule has 0 saturated heterocycles. The van der Waals surface area contributed by atoms with Gasteiger partial charge < -0.3 is 29.0 Å². The molecule has 1 atom stereocenters. The molecule has 30 heavy (non-hydrogen) atoms. The van der Waals surface area contributed by atoms with E-state index in [1.54, 1.807) is 0 Å². The summed E-state index contributed by atoms with van der Waals surface area (Å²) >= 11 is 0. The van der Waals surface area contributed by atoms with Crippen LogP contribution in [0.5, 0.6) is 17.2 Å². The molecule has 2 aromatic rings. The highest BCUT2D eigenvalue weighted by molar-refractivity contribution is 5.41. The smallest absolute Gasteiger partial charge is 0.189 e. The van der Waals surface area contributed by atoms with Gasteiger partial charge in [0, 0.05) is 25.3 Å². The highest BCUT2D eigenvalue weighted by Crippen LogP contribution is 2.42. The lowest BCUT2D eigenvalue weighted by Gasteiger charge is -2.40. The van der Waals surface area contributed by atoms with Gasteiger partial charge in [-0.3, -0.25) is 0 Å². The lowest BCUT2D eigenvalue weighted by atomic mass is 9.77. The number of para-hydroxylation sites is 2. The van der Waals surface area contributed by atoms with Crippen LogP contribution in [0.4, 0.5) is 0 Å². The van der Waals surface area contributed by atoms with Gasteiger partial charge in [-0.15, -0.1) is 0 Å². The molecule has 0 amide bonds. The molecule has 5 rings (SSSR count). The second-order valence-electron chi connectivity index (χ2n) is 8.31. The number of fused-ring (bicyclic) bond motifs is 2. The highest BCUT2D eigenvalue weighted by Gasteiger charge is 2.37. The van der Waals surface area contributed by atoms with Crippen molar-refractivity contribution in [3.05, 3.63) is 53.6 Å². The summed E-state index contributed by atoms with van der Waals surface area (Å²) in [6, 6.07) is 14.7. The average Bonchev–Trinajstić information content (AvgIpc) is 2.82. The van der Waals surface area contributed by atoms with Crippen LogP contribution in [0.1, 0.15) is 36.8 Å². The van der Waals surface area contributed by atoms with E-state index in [2.05, 4.69) is 23.5 Å². The van der Waals surface area contributed by atoms with Gasteiger partial charge in [0.2, 0.25) is 0 Å². The molecule has 2 aromatic carbocycles. The Balaban J connectivity index is 1.17. The Hall–Kier alpha value is -2.28. The number of benzene rings is 2. The molecule has 1 unspecified atom stereocenters. The Morgan fingerprint density at radius 2 is 1.87 bits per heavy atom. The second kappa shape index (κ2) is 8.46. The van der Waals surface area contributed by atoms with Crippen molar-refractivity contribution < 1.29 is 23.7 Å². The molecule has 0 bridgehead atoms. The van der Waals surface area contributed by atoms with Gasteiger partial charge in [-0.05, 0) is 55.5 Å². The standard InChI is InChI=1S/C24H29NO5/c1-26-24(18-6-7-21-17(12-18)14-27-16-29-21)10-8-19(9-11-24)25-13-20-15-28-22-4-2-3-5-23(22)30-20/h2-7,12,19-20,25H,8-11,13-16H2,1H3. The van der Waals surface area contributed by atoms with Gasteiger partial charge in [0.15, 0.2) is 18.3 Å². The topological polar surface area (TPSA) is 58.2 Å². The maximum Gasteiger partial charge on any atom is 0.189 e. The van der Waals surface area contributed by atoms with Gasteiger partial charge in [-0.1, -0.05) is 18.2 Å². The summed E-state index contributed by atoms with van der Waals surface area (Å²) in [6.45, 7) is 2.29. The second-order valence-corrected chi connectivity index (χ2v) is 8.31. The number of methoxy groups -OCH3 is 1. The fourth-order valence-corrected chi connectivity index (χ4v) is 4.73. The first-order valence-electron chi connectivity index (χ1n) is 10.8. The maximum atomic E-state index is 6.08. The van der Waals surface area contributed by atoms with Crippen LogP contribution in [0, 0.1) is 0 Å². The minimum absolute atomic E-state index is 0.0367. The van der Waals surface area contributed by atoms with Crippen LogP contribution < -0.4 is 19.5 Å². The van der Waals surface area contributed by atoms with E-state index in [1.807, 2.05) is 31.4 Å². The van der Waals surface area contributed by atoms with Gasteiger partial charge in [0.1, 0.15) is 18.5 Å². The molecule has 2 heterocycles. The normalized spacial score (nSPS) is 27.8. The Kier molecular flexibility index (Phi) is 5.54. The van der Waals surface area contributed by atoms with Gasteiger partial charge in [-0.25, -0.2) is 0 Å². The van der Waals surface area contributed by atoms with E-state index in [-0.39, 0.29) is 11.7 Å². The maximum absolute atomic E-state index is 6.08. The van der Waals surface area contributed by atoms with Crippen molar-refractivity contribution >= 4 is 0 Å². The number of hydrogen-bond acceptors (Lipinski definition) is 6. The quantitative estimate of drug-likeness (QED) is 0.808. The van der Waals surface area contributed by atoms with Crippen LogP contribution >= 0.6 is 0 Å². The summed E-state index contributed by atoms with van der Waals surface area (Å²) < 4.78 is 29.0. The van der Waals surface area contributed by atoms with Gasteiger partial charge in [0.25, 0.3) is 0 Å². The van der Waals surface area contributed by atoms with Crippen molar-refractivity contribution in [1.82, 2.24) is 5.32 Å². The fraction of sp³-hybridized carbons (Fsp3) is 0.500. The molecule has 1 saturated carbocycles. The summed E-state index contributed by atoms with van der Waals surface area (Å²) in [5.74, 6) is 2.58. The Morgan fingerprint density at radius 3 is 2.70 bits per heavy atom. The van der Waals surface area contributed by atoms with E-state index >= 15 is 0 Å². The summed E-state index contributed by atoms with van der Waals surface area (Å²) in [7, 11) is 1.82. The molecular weight excluding hydrogens is 382 g/mol. The summed E-state index contributed by atoms with van der Waals surface area (Å²) in [5.41, 5.74) is 2.08. The van der Waals surface area contributed by atoms with Crippen LogP contribution in [0.2, 0.25) is 0 Å². The number of nitrogens with one attached hydrogen (secondary N) is 1. The Morgan fingerprint density at radius 1 is 1.03 bits per heavy atom. The van der Waals surface area contributed by atoms with Gasteiger partial charge >= 0.3 is 0 Å². The minimum atomic E-state index is -0.242. The van der Waals surface area contributed by atoms with E-state index in [9.17, 15) is 0 Å². The molecule has 1 N–H and O–H groups in total. The zero-order valence-corrected chi connectivity index (χ0v) is 17.4. The largest absolute Gasteiger partial charge is 0.486 e. The predicted molar refractivity (Wildman–Crippen MR) is 112 cm³/mol. The lowest BCUT2D eigenvalue weighted by molar-refractivity contribution is -0.0515. The first-order chi connectivity index (χ1) is 14.8. The van der Waals surface area contributed by atoms with E-state index in [0.717, 1.165) is 55.0 Å². The fourth-order valence-electron chi connectivity index (χ4n) is 4.73. The minimum Gasteiger partial charge on any atom is -0.486 e. The van der Waals surface area contributed by atoms with Crippen molar-refractivity contribution in [2.75, 3.05) is 27.1 Å². The van der Waals surface area contributed by atoms with Crippen molar-refractivity contribution in [2.24, 2.45) is 0 Å². The van der Waals surface area contributed by atoms with Crippen LogP contribution in [0.25, 0.3) is 0 Å². The zero-order valence-electron chi connectivity index (χ0n) is 17.4. The van der Waals surface area contributed by atoms with E-state index in [0.29, 0.717) is 26.0 Å². The molecule has 6 nitrogen and oxygen atoms in total. The van der Waals surface area contributed by atoms with Crippen molar-refractivity contribution in [2.45, 2.75) is 50.0 Å². The number of hydrogen-bond donors (Lipinski definition) is 1.